The molecule has 0 unspecified atom stereocenters. The summed E-state index contributed by atoms with van der Waals surface area (Å²) < 4.78 is 2.14. The van der Waals surface area contributed by atoms with E-state index in [2.05, 4.69) is 16.5 Å². The van der Waals surface area contributed by atoms with Crippen LogP contribution in [0.3, 0.4) is 0 Å². The predicted molar refractivity (Wildman–Crippen MR) is 44.3 cm³/mol. The fourth-order valence-corrected chi connectivity index (χ4v) is 1.58. The second-order valence-electron chi connectivity index (χ2n) is 3.21. The fraction of sp³-hybridized carbons (Fsp3) is 0.625. The van der Waals surface area contributed by atoms with E-state index in [1.54, 1.807) is 0 Å². The maximum atomic E-state index is 5.70. The van der Waals surface area contributed by atoms with E-state index in [0.29, 0.717) is 12.0 Å². The molecule has 0 amide bonds. The zero-order valence-corrected chi connectivity index (χ0v) is 6.75. The van der Waals surface area contributed by atoms with Crippen LogP contribution < -0.4 is 5.73 Å². The topological polar surface area (TPSA) is 43.8 Å². The highest BCUT2D eigenvalue weighted by atomic mass is 15.2. The zero-order valence-electron chi connectivity index (χ0n) is 6.75. The van der Waals surface area contributed by atoms with Gasteiger partial charge in [-0.15, -0.1) is 0 Å². The molecule has 0 aromatic carbocycles. The number of hydrogen-bond donors (Lipinski definition) is 1. The molecule has 1 fully saturated rings. The van der Waals surface area contributed by atoms with Gasteiger partial charge in [0.2, 0.25) is 5.95 Å². The van der Waals surface area contributed by atoms with Gasteiger partial charge >= 0.3 is 0 Å². The maximum Gasteiger partial charge on any atom is 0.200 e. The number of rotatable bonds is 1. The van der Waals surface area contributed by atoms with Gasteiger partial charge < -0.3 is 10.3 Å². The lowest BCUT2D eigenvalue weighted by molar-refractivity contribution is 0.313. The molecular weight excluding hydrogens is 138 g/mol. The Hall–Kier alpha value is -0.990. The molecule has 0 saturated heterocycles. The molecule has 0 atom stereocenters. The summed E-state index contributed by atoms with van der Waals surface area (Å²) in [5.74, 6) is 0.673. The third-order valence-electron chi connectivity index (χ3n) is 2.45. The fourth-order valence-electron chi connectivity index (χ4n) is 1.58. The minimum absolute atomic E-state index is 0.637. The molecule has 3 nitrogen and oxygen atoms in total. The SMILES string of the molecule is Cc1cnc(N)n1C1CCC1. The van der Waals surface area contributed by atoms with Crippen LogP contribution in [0.2, 0.25) is 0 Å². The molecule has 2 N–H and O–H groups in total. The molecule has 1 aromatic heterocycles. The third-order valence-corrected chi connectivity index (χ3v) is 2.45. The smallest absolute Gasteiger partial charge is 0.200 e. The van der Waals surface area contributed by atoms with Gasteiger partial charge in [0.25, 0.3) is 0 Å². The standard InChI is InChI=1S/C8H13N3/c1-6-5-10-8(9)11(6)7-3-2-4-7/h5,7H,2-4H2,1H3,(H2,9,10). The van der Waals surface area contributed by atoms with Gasteiger partial charge in [-0.05, 0) is 26.2 Å². The number of imidazole rings is 1. The molecule has 1 heterocycles. The molecule has 0 aliphatic heterocycles. The normalized spacial score (nSPS) is 18.3. The van der Waals surface area contributed by atoms with E-state index in [0.717, 1.165) is 0 Å². The summed E-state index contributed by atoms with van der Waals surface area (Å²) in [6.07, 6.45) is 5.71. The Morgan fingerprint density at radius 1 is 1.64 bits per heavy atom. The van der Waals surface area contributed by atoms with Crippen LogP contribution in [0.15, 0.2) is 6.20 Å². The highest BCUT2D eigenvalue weighted by Crippen LogP contribution is 2.33. The van der Waals surface area contributed by atoms with Crippen molar-refractivity contribution in [2.24, 2.45) is 0 Å². The van der Waals surface area contributed by atoms with Crippen LogP contribution in [0.5, 0.6) is 0 Å². The average molecular weight is 151 g/mol. The van der Waals surface area contributed by atoms with Crippen LogP contribution in [-0.2, 0) is 0 Å². The van der Waals surface area contributed by atoms with Gasteiger partial charge in [0.05, 0.1) is 6.20 Å². The Balaban J connectivity index is 2.33. The first-order valence-electron chi connectivity index (χ1n) is 4.08. The molecule has 0 spiro atoms. The summed E-state index contributed by atoms with van der Waals surface area (Å²) in [6, 6.07) is 0.637. The van der Waals surface area contributed by atoms with Crippen LogP contribution in [0.25, 0.3) is 0 Å². The second-order valence-corrected chi connectivity index (χ2v) is 3.21. The first-order chi connectivity index (χ1) is 5.29. The molecule has 2 rings (SSSR count). The quantitative estimate of drug-likeness (QED) is 0.661. The van der Waals surface area contributed by atoms with Crippen LogP contribution >= 0.6 is 0 Å². The van der Waals surface area contributed by atoms with E-state index >= 15 is 0 Å². The number of anilines is 1. The molecule has 1 aliphatic carbocycles. The number of nitrogen functional groups attached to an aromatic ring is 1. The predicted octanol–water partition coefficient (Wildman–Crippen LogP) is 1.50. The van der Waals surface area contributed by atoms with E-state index in [1.165, 1.54) is 25.0 Å². The molecular formula is C8H13N3. The number of hydrogen-bond acceptors (Lipinski definition) is 2. The zero-order chi connectivity index (χ0) is 7.84. The second kappa shape index (κ2) is 2.26. The van der Waals surface area contributed by atoms with Gasteiger partial charge in [-0.25, -0.2) is 4.98 Å². The summed E-state index contributed by atoms with van der Waals surface area (Å²) in [4.78, 5) is 4.06. The third kappa shape index (κ3) is 0.914. The van der Waals surface area contributed by atoms with E-state index in [9.17, 15) is 0 Å². The lowest BCUT2D eigenvalue weighted by Crippen LogP contribution is -2.19. The molecule has 1 aliphatic rings. The van der Waals surface area contributed by atoms with Gasteiger partial charge in [-0.2, -0.15) is 0 Å². The summed E-state index contributed by atoms with van der Waals surface area (Å²) in [5.41, 5.74) is 6.89. The molecule has 60 valence electrons. The van der Waals surface area contributed by atoms with Crippen molar-refractivity contribution >= 4 is 5.95 Å². The number of aryl methyl sites for hydroxylation is 1. The Morgan fingerprint density at radius 2 is 2.36 bits per heavy atom. The van der Waals surface area contributed by atoms with Gasteiger partial charge in [0, 0.05) is 11.7 Å². The van der Waals surface area contributed by atoms with Crippen molar-refractivity contribution in [2.75, 3.05) is 5.73 Å². The Morgan fingerprint density at radius 3 is 2.73 bits per heavy atom. The van der Waals surface area contributed by atoms with Gasteiger partial charge in [-0.3, -0.25) is 0 Å². The summed E-state index contributed by atoms with van der Waals surface area (Å²) in [5, 5.41) is 0. The van der Waals surface area contributed by atoms with Crippen LogP contribution in [0.4, 0.5) is 5.95 Å². The van der Waals surface area contributed by atoms with Gasteiger partial charge in [0.1, 0.15) is 0 Å². The number of aromatic nitrogens is 2. The van der Waals surface area contributed by atoms with Crippen molar-refractivity contribution in [1.29, 1.82) is 0 Å². The van der Waals surface area contributed by atoms with Crippen molar-refractivity contribution in [1.82, 2.24) is 9.55 Å². The minimum atomic E-state index is 0.637. The highest BCUT2D eigenvalue weighted by Gasteiger charge is 2.22. The van der Waals surface area contributed by atoms with Crippen LogP contribution in [-0.4, -0.2) is 9.55 Å². The average Bonchev–Trinajstić information content (AvgIpc) is 2.15. The van der Waals surface area contributed by atoms with Crippen molar-refractivity contribution in [3.8, 4) is 0 Å². The first-order valence-corrected chi connectivity index (χ1v) is 4.08. The van der Waals surface area contributed by atoms with E-state index in [4.69, 9.17) is 5.73 Å². The number of nitrogens with zero attached hydrogens (tertiary/aromatic N) is 2. The molecule has 1 aromatic rings. The van der Waals surface area contributed by atoms with Crippen LogP contribution in [0, 0.1) is 6.92 Å². The summed E-state index contributed by atoms with van der Waals surface area (Å²) in [6.45, 7) is 2.06. The first kappa shape index (κ1) is 6.70. The Kier molecular flexibility index (Phi) is 1.37. The van der Waals surface area contributed by atoms with E-state index in [1.807, 2.05) is 6.20 Å². The van der Waals surface area contributed by atoms with Crippen molar-refractivity contribution < 1.29 is 0 Å². The van der Waals surface area contributed by atoms with Crippen molar-refractivity contribution in [3.05, 3.63) is 11.9 Å². The largest absolute Gasteiger partial charge is 0.369 e. The van der Waals surface area contributed by atoms with Crippen molar-refractivity contribution in [3.63, 3.8) is 0 Å². The monoisotopic (exact) mass is 151 g/mol. The Labute approximate surface area is 66.2 Å². The van der Waals surface area contributed by atoms with Crippen LogP contribution in [0.1, 0.15) is 31.0 Å². The maximum absolute atomic E-state index is 5.70. The van der Waals surface area contributed by atoms with Crippen molar-refractivity contribution in [2.45, 2.75) is 32.2 Å². The number of nitrogens with two attached hydrogens (primary N) is 1. The molecule has 1 saturated carbocycles. The molecule has 3 heteroatoms. The van der Waals surface area contributed by atoms with Gasteiger partial charge in [-0.1, -0.05) is 0 Å². The Bertz CT molecular complexity index is 241. The minimum Gasteiger partial charge on any atom is -0.369 e. The molecule has 0 bridgehead atoms. The molecule has 0 radical (unpaired) electrons. The lowest BCUT2D eigenvalue weighted by Gasteiger charge is -2.28. The summed E-state index contributed by atoms with van der Waals surface area (Å²) >= 11 is 0. The lowest BCUT2D eigenvalue weighted by atomic mass is 9.93. The van der Waals surface area contributed by atoms with E-state index in [-0.39, 0.29) is 0 Å². The van der Waals surface area contributed by atoms with E-state index < -0.39 is 0 Å². The molecule has 11 heavy (non-hydrogen) atoms. The van der Waals surface area contributed by atoms with Gasteiger partial charge in [0.15, 0.2) is 0 Å². The summed E-state index contributed by atoms with van der Waals surface area (Å²) in [7, 11) is 0. The highest BCUT2D eigenvalue weighted by molar-refractivity contribution is 5.23.